The van der Waals surface area contributed by atoms with Gasteiger partial charge in [-0.2, -0.15) is 8.78 Å². The van der Waals surface area contributed by atoms with Gasteiger partial charge in [0.1, 0.15) is 5.75 Å². The summed E-state index contributed by atoms with van der Waals surface area (Å²) in [6.45, 7) is -3.07. The Morgan fingerprint density at radius 1 is 1.30 bits per heavy atom. The molecule has 1 amide bonds. The van der Waals surface area contributed by atoms with Crippen LogP contribution in [0.5, 0.6) is 5.75 Å². The van der Waals surface area contributed by atoms with E-state index in [1.807, 2.05) is 0 Å². The zero-order valence-electron chi connectivity index (χ0n) is 12.4. The van der Waals surface area contributed by atoms with Gasteiger partial charge >= 0.3 is 6.61 Å². The highest BCUT2D eigenvalue weighted by Crippen LogP contribution is 2.34. The zero-order chi connectivity index (χ0) is 17.0. The number of rotatable bonds is 5. The number of hydrogen-bond donors (Lipinski definition) is 2. The van der Waals surface area contributed by atoms with Crippen molar-refractivity contribution in [1.82, 2.24) is 5.32 Å². The predicted octanol–water partition coefficient (Wildman–Crippen LogP) is 3.87. The maximum atomic E-state index is 12.5. The highest BCUT2D eigenvalue weighted by Gasteiger charge is 2.35. The molecule has 1 aliphatic carbocycles. The lowest BCUT2D eigenvalue weighted by Crippen LogP contribution is -2.54. The van der Waals surface area contributed by atoms with Gasteiger partial charge in [0.25, 0.3) is 0 Å². The Bertz CT molecular complexity index is 579. The van der Waals surface area contributed by atoms with Crippen molar-refractivity contribution in [2.75, 3.05) is 0 Å². The standard InChI is InChI=1S/C15H18Cl2F2N2O2/c16-10-6-9(12(11(17)7-10)23-14(18)19)8-21-13(22)15(20)4-2-1-3-5-15/h6-7,14H,1-5,8,20H2,(H,21,22). The molecule has 0 aromatic heterocycles. The lowest BCUT2D eigenvalue weighted by atomic mass is 9.82. The van der Waals surface area contributed by atoms with E-state index in [2.05, 4.69) is 10.1 Å². The van der Waals surface area contributed by atoms with E-state index in [1.54, 1.807) is 0 Å². The van der Waals surface area contributed by atoms with Gasteiger partial charge in [0.15, 0.2) is 0 Å². The van der Waals surface area contributed by atoms with Gasteiger partial charge in [-0.3, -0.25) is 4.79 Å². The summed E-state index contributed by atoms with van der Waals surface area (Å²) in [6.07, 6.45) is 4.06. The second-order valence-corrected chi connectivity index (χ2v) is 6.50. The number of carbonyl (C=O) groups is 1. The molecule has 2 rings (SSSR count). The van der Waals surface area contributed by atoms with Crippen molar-refractivity contribution in [3.63, 3.8) is 0 Å². The van der Waals surface area contributed by atoms with E-state index in [4.69, 9.17) is 28.9 Å². The summed E-state index contributed by atoms with van der Waals surface area (Å²) in [5.41, 5.74) is 5.49. The Hall–Kier alpha value is -1.11. The lowest BCUT2D eigenvalue weighted by molar-refractivity contribution is -0.127. The van der Waals surface area contributed by atoms with Gasteiger partial charge in [-0.1, -0.05) is 42.5 Å². The zero-order valence-corrected chi connectivity index (χ0v) is 13.9. The summed E-state index contributed by atoms with van der Waals surface area (Å²) < 4.78 is 29.4. The van der Waals surface area contributed by atoms with Gasteiger partial charge in [0.05, 0.1) is 10.6 Å². The van der Waals surface area contributed by atoms with E-state index >= 15 is 0 Å². The first-order chi connectivity index (χ1) is 10.8. The average Bonchev–Trinajstić information content (AvgIpc) is 2.48. The van der Waals surface area contributed by atoms with Crippen LogP contribution in [0.1, 0.15) is 37.7 Å². The predicted molar refractivity (Wildman–Crippen MR) is 84.9 cm³/mol. The van der Waals surface area contributed by atoms with Gasteiger partial charge in [0.2, 0.25) is 5.91 Å². The van der Waals surface area contributed by atoms with Gasteiger partial charge in [0, 0.05) is 17.1 Å². The first kappa shape index (κ1) is 18.2. The molecule has 4 nitrogen and oxygen atoms in total. The molecule has 3 N–H and O–H groups in total. The van der Waals surface area contributed by atoms with Crippen molar-refractivity contribution in [3.05, 3.63) is 27.7 Å². The van der Waals surface area contributed by atoms with E-state index in [1.165, 1.54) is 12.1 Å². The minimum absolute atomic E-state index is 0.0397. The molecule has 0 heterocycles. The van der Waals surface area contributed by atoms with Crippen LogP contribution in [-0.2, 0) is 11.3 Å². The maximum absolute atomic E-state index is 12.5. The third-order valence-corrected chi connectivity index (χ3v) is 4.43. The summed E-state index contributed by atoms with van der Waals surface area (Å²) in [6, 6.07) is 2.73. The lowest BCUT2D eigenvalue weighted by Gasteiger charge is -2.31. The molecule has 128 valence electrons. The monoisotopic (exact) mass is 366 g/mol. The van der Waals surface area contributed by atoms with Crippen molar-refractivity contribution in [1.29, 1.82) is 0 Å². The first-order valence-corrected chi connectivity index (χ1v) is 8.07. The molecule has 1 aromatic carbocycles. The van der Waals surface area contributed by atoms with Gasteiger partial charge < -0.3 is 15.8 Å². The summed E-state index contributed by atoms with van der Waals surface area (Å²) in [5, 5.41) is 2.90. The minimum atomic E-state index is -3.03. The van der Waals surface area contributed by atoms with E-state index in [9.17, 15) is 13.6 Å². The number of alkyl halides is 2. The molecule has 1 fully saturated rings. The molecule has 0 bridgehead atoms. The topological polar surface area (TPSA) is 64.4 Å². The number of hydrogen-bond acceptors (Lipinski definition) is 3. The summed E-state index contributed by atoms with van der Waals surface area (Å²) in [7, 11) is 0. The van der Waals surface area contributed by atoms with Crippen molar-refractivity contribution in [3.8, 4) is 5.75 Å². The molecule has 0 aliphatic heterocycles. The van der Waals surface area contributed by atoms with Gasteiger partial charge in [-0.15, -0.1) is 0 Å². The molecule has 1 aliphatic rings. The highest BCUT2D eigenvalue weighted by molar-refractivity contribution is 6.35. The van der Waals surface area contributed by atoms with Crippen molar-refractivity contribution in [2.24, 2.45) is 5.73 Å². The molecule has 0 unspecified atom stereocenters. The van der Waals surface area contributed by atoms with Crippen LogP contribution in [0.3, 0.4) is 0 Å². The Balaban J connectivity index is 2.11. The van der Waals surface area contributed by atoms with E-state index in [0.29, 0.717) is 12.8 Å². The molecule has 0 saturated heterocycles. The summed E-state index contributed by atoms with van der Waals surface area (Å²) >= 11 is 11.8. The SMILES string of the molecule is NC1(C(=O)NCc2cc(Cl)cc(Cl)c2OC(F)F)CCCCC1. The van der Waals surface area contributed by atoms with E-state index in [-0.39, 0.29) is 33.8 Å². The van der Waals surface area contributed by atoms with Crippen LogP contribution >= 0.6 is 23.2 Å². The third kappa shape index (κ3) is 4.68. The van der Waals surface area contributed by atoms with Crippen molar-refractivity contribution < 1.29 is 18.3 Å². The van der Waals surface area contributed by atoms with Crippen LogP contribution < -0.4 is 15.8 Å². The quantitative estimate of drug-likeness (QED) is 0.830. The number of amides is 1. The van der Waals surface area contributed by atoms with Crippen LogP contribution in [-0.4, -0.2) is 18.1 Å². The summed E-state index contributed by atoms with van der Waals surface area (Å²) in [4.78, 5) is 12.3. The van der Waals surface area contributed by atoms with Gasteiger partial charge in [-0.05, 0) is 25.0 Å². The second-order valence-electron chi connectivity index (χ2n) is 5.65. The first-order valence-electron chi connectivity index (χ1n) is 7.32. The fourth-order valence-corrected chi connectivity index (χ4v) is 3.31. The molecule has 0 radical (unpaired) electrons. The number of ether oxygens (including phenoxy) is 1. The molecule has 23 heavy (non-hydrogen) atoms. The largest absolute Gasteiger partial charge is 0.433 e. The van der Waals surface area contributed by atoms with Crippen LogP contribution in [0.15, 0.2) is 12.1 Å². The smallest absolute Gasteiger partial charge is 0.387 e. The number of nitrogens with one attached hydrogen (secondary N) is 1. The maximum Gasteiger partial charge on any atom is 0.387 e. The van der Waals surface area contributed by atoms with Crippen LogP contribution in [0, 0.1) is 0 Å². The van der Waals surface area contributed by atoms with Crippen molar-refractivity contribution >= 4 is 29.1 Å². The number of nitrogens with two attached hydrogens (primary N) is 1. The molecule has 1 saturated carbocycles. The molecular formula is C15H18Cl2F2N2O2. The van der Waals surface area contributed by atoms with Crippen LogP contribution in [0.25, 0.3) is 0 Å². The number of benzene rings is 1. The third-order valence-electron chi connectivity index (χ3n) is 3.93. The molecular weight excluding hydrogens is 349 g/mol. The van der Waals surface area contributed by atoms with E-state index in [0.717, 1.165) is 19.3 Å². The normalized spacial score (nSPS) is 17.1. The number of halogens is 4. The Labute approximate surface area is 143 Å². The Kier molecular flexibility index (Phi) is 6.06. The fourth-order valence-electron chi connectivity index (χ4n) is 2.73. The molecule has 1 aromatic rings. The van der Waals surface area contributed by atoms with Crippen LogP contribution in [0.2, 0.25) is 10.0 Å². The molecule has 0 atom stereocenters. The highest BCUT2D eigenvalue weighted by atomic mass is 35.5. The van der Waals surface area contributed by atoms with Crippen LogP contribution in [0.4, 0.5) is 8.78 Å². The molecule has 8 heteroatoms. The summed E-state index contributed by atoms with van der Waals surface area (Å²) in [5.74, 6) is -0.502. The fraction of sp³-hybridized carbons (Fsp3) is 0.533. The van der Waals surface area contributed by atoms with Crippen molar-refractivity contribution in [2.45, 2.75) is 50.8 Å². The Morgan fingerprint density at radius 3 is 2.57 bits per heavy atom. The second kappa shape index (κ2) is 7.64. The van der Waals surface area contributed by atoms with Gasteiger partial charge in [-0.25, -0.2) is 0 Å². The Morgan fingerprint density at radius 2 is 1.96 bits per heavy atom. The number of carbonyl (C=O) groups excluding carboxylic acids is 1. The average molecular weight is 367 g/mol. The molecule has 0 spiro atoms. The minimum Gasteiger partial charge on any atom is -0.433 e. The van der Waals surface area contributed by atoms with E-state index < -0.39 is 12.2 Å².